The lowest BCUT2D eigenvalue weighted by Gasteiger charge is -2.18. The third-order valence-corrected chi connectivity index (χ3v) is 3.53. The average Bonchev–Trinajstić information content (AvgIpc) is 2.46. The van der Waals surface area contributed by atoms with Crippen LogP contribution in [0.15, 0.2) is 48.5 Å². The van der Waals surface area contributed by atoms with E-state index in [0.29, 0.717) is 0 Å². The van der Waals surface area contributed by atoms with Gasteiger partial charge in [-0.3, -0.25) is 0 Å². The zero-order valence-corrected chi connectivity index (χ0v) is 12.3. The van der Waals surface area contributed by atoms with Crippen molar-refractivity contribution < 1.29 is 9.50 Å². The van der Waals surface area contributed by atoms with Gasteiger partial charge in [-0.2, -0.15) is 0 Å². The molecule has 0 radical (unpaired) electrons. The van der Waals surface area contributed by atoms with Gasteiger partial charge in [0, 0.05) is 12.5 Å². The van der Waals surface area contributed by atoms with Crippen LogP contribution in [0.2, 0.25) is 0 Å². The molecule has 0 fully saturated rings. The van der Waals surface area contributed by atoms with Gasteiger partial charge in [0.05, 0.1) is 0 Å². The SMILES string of the molecule is CCCNCC(Cc1cccc(O)c1)c1cccc(F)c1. The number of benzene rings is 2. The molecule has 2 nitrogen and oxygen atoms in total. The van der Waals surface area contributed by atoms with E-state index in [-0.39, 0.29) is 17.5 Å². The molecule has 112 valence electrons. The summed E-state index contributed by atoms with van der Waals surface area (Å²) in [7, 11) is 0. The minimum absolute atomic E-state index is 0.189. The molecule has 2 rings (SSSR count). The molecule has 0 amide bonds. The van der Waals surface area contributed by atoms with Gasteiger partial charge in [0.1, 0.15) is 11.6 Å². The van der Waals surface area contributed by atoms with Crippen LogP contribution in [0.1, 0.15) is 30.4 Å². The van der Waals surface area contributed by atoms with Gasteiger partial charge >= 0.3 is 0 Å². The summed E-state index contributed by atoms with van der Waals surface area (Å²) >= 11 is 0. The van der Waals surface area contributed by atoms with E-state index >= 15 is 0 Å². The fourth-order valence-corrected chi connectivity index (χ4v) is 2.49. The van der Waals surface area contributed by atoms with Crippen molar-refractivity contribution in [2.75, 3.05) is 13.1 Å². The second kappa shape index (κ2) is 7.79. The first-order chi connectivity index (χ1) is 10.2. The van der Waals surface area contributed by atoms with E-state index in [4.69, 9.17) is 0 Å². The van der Waals surface area contributed by atoms with Crippen molar-refractivity contribution in [1.29, 1.82) is 0 Å². The van der Waals surface area contributed by atoms with Gasteiger partial charge in [0.15, 0.2) is 0 Å². The highest BCUT2D eigenvalue weighted by Crippen LogP contribution is 2.23. The summed E-state index contributed by atoms with van der Waals surface area (Å²) in [6, 6.07) is 14.0. The van der Waals surface area contributed by atoms with Crippen molar-refractivity contribution in [3.05, 3.63) is 65.5 Å². The third kappa shape index (κ3) is 4.87. The van der Waals surface area contributed by atoms with Gasteiger partial charge in [-0.05, 0) is 54.8 Å². The second-order valence-electron chi connectivity index (χ2n) is 5.33. The van der Waals surface area contributed by atoms with Crippen LogP contribution in [0, 0.1) is 5.82 Å². The van der Waals surface area contributed by atoms with E-state index in [1.807, 2.05) is 18.2 Å². The van der Waals surface area contributed by atoms with Crippen LogP contribution in [0.25, 0.3) is 0 Å². The third-order valence-electron chi connectivity index (χ3n) is 3.53. The van der Waals surface area contributed by atoms with Gasteiger partial charge in [-0.25, -0.2) is 4.39 Å². The van der Waals surface area contributed by atoms with Gasteiger partial charge in [0.2, 0.25) is 0 Å². The van der Waals surface area contributed by atoms with E-state index in [2.05, 4.69) is 12.2 Å². The normalized spacial score (nSPS) is 12.3. The molecular weight excluding hydrogens is 265 g/mol. The maximum Gasteiger partial charge on any atom is 0.123 e. The quantitative estimate of drug-likeness (QED) is 0.758. The van der Waals surface area contributed by atoms with Gasteiger partial charge in [-0.1, -0.05) is 31.2 Å². The molecule has 1 unspecified atom stereocenters. The number of rotatable bonds is 7. The number of halogens is 1. The summed E-state index contributed by atoms with van der Waals surface area (Å²) in [6.07, 6.45) is 1.84. The van der Waals surface area contributed by atoms with Crippen molar-refractivity contribution in [1.82, 2.24) is 5.32 Å². The number of hydrogen-bond acceptors (Lipinski definition) is 2. The lowest BCUT2D eigenvalue weighted by molar-refractivity contribution is 0.474. The van der Waals surface area contributed by atoms with Crippen molar-refractivity contribution in [2.24, 2.45) is 0 Å². The van der Waals surface area contributed by atoms with Gasteiger partial charge in [-0.15, -0.1) is 0 Å². The monoisotopic (exact) mass is 287 g/mol. The highest BCUT2D eigenvalue weighted by molar-refractivity contribution is 5.30. The molecule has 2 aromatic rings. The highest BCUT2D eigenvalue weighted by Gasteiger charge is 2.13. The molecule has 0 heterocycles. The molecule has 0 saturated heterocycles. The lowest BCUT2D eigenvalue weighted by Crippen LogP contribution is -2.23. The minimum Gasteiger partial charge on any atom is -0.508 e. The second-order valence-corrected chi connectivity index (χ2v) is 5.33. The van der Waals surface area contributed by atoms with Crippen molar-refractivity contribution in [3.63, 3.8) is 0 Å². The van der Waals surface area contributed by atoms with Crippen LogP contribution in [0.5, 0.6) is 5.75 Å². The first-order valence-electron chi connectivity index (χ1n) is 7.43. The van der Waals surface area contributed by atoms with Crippen LogP contribution in [0.3, 0.4) is 0 Å². The summed E-state index contributed by atoms with van der Waals surface area (Å²) < 4.78 is 13.5. The Morgan fingerprint density at radius 1 is 1.14 bits per heavy atom. The molecule has 1 atom stereocenters. The molecule has 0 aliphatic heterocycles. The molecule has 0 saturated carbocycles. The topological polar surface area (TPSA) is 32.3 Å². The van der Waals surface area contributed by atoms with Gasteiger partial charge in [0.25, 0.3) is 0 Å². The summed E-state index contributed by atoms with van der Waals surface area (Å²) in [5.74, 6) is 0.255. The van der Waals surface area contributed by atoms with E-state index in [1.165, 1.54) is 6.07 Å². The zero-order chi connectivity index (χ0) is 15.1. The predicted octanol–water partition coefficient (Wildman–Crippen LogP) is 3.86. The van der Waals surface area contributed by atoms with Crippen molar-refractivity contribution in [3.8, 4) is 5.75 Å². The van der Waals surface area contributed by atoms with Crippen LogP contribution in [0.4, 0.5) is 4.39 Å². The molecule has 0 aromatic heterocycles. The first kappa shape index (κ1) is 15.5. The Kier molecular flexibility index (Phi) is 5.76. The van der Waals surface area contributed by atoms with E-state index in [9.17, 15) is 9.50 Å². The molecule has 0 aliphatic rings. The standard InChI is InChI=1S/C18H22FNO/c1-2-9-20-13-16(15-6-4-7-17(19)12-15)10-14-5-3-8-18(21)11-14/h3-8,11-12,16,20-21H,2,9-10,13H2,1H3. The van der Waals surface area contributed by atoms with Crippen molar-refractivity contribution in [2.45, 2.75) is 25.7 Å². The number of hydrogen-bond donors (Lipinski definition) is 2. The fraction of sp³-hybridized carbons (Fsp3) is 0.333. The van der Waals surface area contributed by atoms with Crippen LogP contribution in [-0.2, 0) is 6.42 Å². The van der Waals surface area contributed by atoms with E-state index in [0.717, 1.165) is 37.1 Å². The Hall–Kier alpha value is -1.87. The fourth-order valence-electron chi connectivity index (χ4n) is 2.49. The zero-order valence-electron chi connectivity index (χ0n) is 12.3. The lowest BCUT2D eigenvalue weighted by atomic mass is 9.91. The highest BCUT2D eigenvalue weighted by atomic mass is 19.1. The summed E-state index contributed by atoms with van der Waals surface area (Å²) in [5.41, 5.74) is 2.05. The summed E-state index contributed by atoms with van der Waals surface area (Å²) in [6.45, 7) is 3.87. The molecule has 2 aromatic carbocycles. The number of aromatic hydroxyl groups is 1. The Bertz CT molecular complexity index is 571. The average molecular weight is 287 g/mol. The largest absolute Gasteiger partial charge is 0.508 e. The van der Waals surface area contributed by atoms with E-state index in [1.54, 1.807) is 24.3 Å². The van der Waals surface area contributed by atoms with Crippen molar-refractivity contribution >= 4 is 0 Å². The molecule has 0 aliphatic carbocycles. The minimum atomic E-state index is -0.205. The number of phenols is 1. The Balaban J connectivity index is 2.15. The molecule has 0 bridgehead atoms. The smallest absolute Gasteiger partial charge is 0.123 e. The summed E-state index contributed by atoms with van der Waals surface area (Å²) in [4.78, 5) is 0. The van der Waals surface area contributed by atoms with E-state index < -0.39 is 0 Å². The molecular formula is C18H22FNO. The van der Waals surface area contributed by atoms with Crippen LogP contribution in [-0.4, -0.2) is 18.2 Å². The Labute approximate surface area is 125 Å². The maximum absolute atomic E-state index is 13.5. The number of nitrogens with one attached hydrogen (secondary N) is 1. The summed E-state index contributed by atoms with van der Waals surface area (Å²) in [5, 5.41) is 13.0. The molecule has 21 heavy (non-hydrogen) atoms. The first-order valence-corrected chi connectivity index (χ1v) is 7.43. The molecule has 0 spiro atoms. The Morgan fingerprint density at radius 2 is 1.95 bits per heavy atom. The van der Waals surface area contributed by atoms with Gasteiger partial charge < -0.3 is 10.4 Å². The number of phenolic OH excluding ortho intramolecular Hbond substituents is 1. The van der Waals surface area contributed by atoms with Crippen LogP contribution < -0.4 is 5.32 Å². The van der Waals surface area contributed by atoms with Crippen LogP contribution >= 0.6 is 0 Å². The molecule has 3 heteroatoms. The Morgan fingerprint density at radius 3 is 2.67 bits per heavy atom. The predicted molar refractivity (Wildman–Crippen MR) is 84.1 cm³/mol. The molecule has 2 N–H and O–H groups in total. The maximum atomic E-state index is 13.5.